The van der Waals surface area contributed by atoms with Gasteiger partial charge in [-0.1, -0.05) is 0 Å². The Morgan fingerprint density at radius 1 is 1.25 bits per heavy atom. The summed E-state index contributed by atoms with van der Waals surface area (Å²) >= 11 is 0. The maximum absolute atomic E-state index is 13.2. The average Bonchev–Trinajstić information content (AvgIpc) is 3.23. The molecule has 1 aliphatic heterocycles. The molecule has 1 saturated carbocycles. The van der Waals surface area contributed by atoms with Crippen LogP contribution in [0.3, 0.4) is 0 Å². The number of anilines is 1. The zero-order valence-electron chi connectivity index (χ0n) is 15.3. The molecule has 2 aromatic heterocycles. The first-order valence-electron chi connectivity index (χ1n) is 9.16. The van der Waals surface area contributed by atoms with Gasteiger partial charge >= 0.3 is 6.18 Å². The molecule has 3 atom stereocenters. The molecule has 2 N–H and O–H groups in total. The molecule has 0 radical (unpaired) electrons. The van der Waals surface area contributed by atoms with Crippen molar-refractivity contribution in [1.29, 1.82) is 0 Å². The van der Waals surface area contributed by atoms with E-state index in [0.717, 1.165) is 17.7 Å². The van der Waals surface area contributed by atoms with E-state index in [1.54, 1.807) is 0 Å². The van der Waals surface area contributed by atoms with Crippen molar-refractivity contribution in [3.63, 3.8) is 0 Å². The fourth-order valence-electron chi connectivity index (χ4n) is 3.92. The van der Waals surface area contributed by atoms with Crippen LogP contribution in [0.4, 0.5) is 19.0 Å². The van der Waals surface area contributed by atoms with E-state index in [-0.39, 0.29) is 29.9 Å². The molecular formula is C17H21F3N6O2. The Balaban J connectivity index is 1.45. The van der Waals surface area contributed by atoms with Crippen LogP contribution in [0.25, 0.3) is 0 Å². The molecule has 152 valence electrons. The highest BCUT2D eigenvalue weighted by molar-refractivity contribution is 5.45. The summed E-state index contributed by atoms with van der Waals surface area (Å²) in [4.78, 5) is 0. The third-order valence-corrected chi connectivity index (χ3v) is 5.32. The molecule has 8 nitrogen and oxygen atoms in total. The lowest BCUT2D eigenvalue weighted by Gasteiger charge is -2.18. The van der Waals surface area contributed by atoms with Gasteiger partial charge in [0, 0.05) is 24.9 Å². The van der Waals surface area contributed by atoms with E-state index >= 15 is 0 Å². The van der Waals surface area contributed by atoms with Gasteiger partial charge in [-0.3, -0.25) is 0 Å². The van der Waals surface area contributed by atoms with Gasteiger partial charge in [0.25, 0.3) is 0 Å². The average molecular weight is 398 g/mol. The summed E-state index contributed by atoms with van der Waals surface area (Å²) in [5.41, 5.74) is -0.657. The Kier molecular flexibility index (Phi) is 4.96. The molecule has 1 fully saturated rings. The van der Waals surface area contributed by atoms with Crippen LogP contribution in [0, 0.1) is 12.8 Å². The maximum Gasteiger partial charge on any atom is 0.420 e. The second kappa shape index (κ2) is 7.28. The van der Waals surface area contributed by atoms with Crippen LogP contribution < -0.4 is 5.32 Å². The number of hydrogen-bond donors (Lipinski definition) is 2. The Hall–Kier alpha value is -2.27. The third kappa shape index (κ3) is 3.68. The van der Waals surface area contributed by atoms with Crippen LogP contribution in [0.5, 0.6) is 0 Å². The minimum Gasteiger partial charge on any atom is -0.393 e. The topological polar surface area (TPSA) is 98.0 Å². The number of aromatic nitrogens is 5. The zero-order valence-corrected chi connectivity index (χ0v) is 15.3. The van der Waals surface area contributed by atoms with Crippen molar-refractivity contribution < 1.29 is 23.0 Å². The van der Waals surface area contributed by atoms with Crippen LogP contribution in [-0.4, -0.2) is 49.3 Å². The predicted molar refractivity (Wildman–Crippen MR) is 91.4 cm³/mol. The van der Waals surface area contributed by atoms with Gasteiger partial charge < -0.3 is 19.7 Å². The smallest absolute Gasteiger partial charge is 0.393 e. The molecule has 28 heavy (non-hydrogen) atoms. The molecule has 2 aromatic rings. The predicted octanol–water partition coefficient (Wildman–Crippen LogP) is 1.89. The van der Waals surface area contributed by atoms with Crippen molar-refractivity contribution in [2.75, 3.05) is 18.5 Å². The van der Waals surface area contributed by atoms with Gasteiger partial charge in [-0.05, 0) is 25.8 Å². The number of aliphatic hydroxyl groups is 1. The number of nitrogens with zero attached hydrogens (tertiary/aromatic N) is 5. The lowest BCUT2D eigenvalue weighted by molar-refractivity contribution is -0.137. The second-order valence-electron chi connectivity index (χ2n) is 7.30. The number of rotatable bonds is 4. The highest BCUT2D eigenvalue weighted by Crippen LogP contribution is 2.39. The zero-order chi connectivity index (χ0) is 19.9. The van der Waals surface area contributed by atoms with Crippen LogP contribution in [0.2, 0.25) is 0 Å². The van der Waals surface area contributed by atoms with E-state index in [1.807, 2.05) is 4.57 Å². The van der Waals surface area contributed by atoms with Crippen molar-refractivity contribution in [1.82, 2.24) is 25.0 Å². The van der Waals surface area contributed by atoms with E-state index in [0.29, 0.717) is 32.6 Å². The Morgan fingerprint density at radius 3 is 2.86 bits per heavy atom. The standard InChI is InChI=1S/C17H21F3N6O2/c1-9-4-12(17(18,19)20)15(24-22-9)21-7-11-5-10(6-13(11)27)16-25-23-14-8-28-3-2-26(14)16/h4,10-11,13,27H,2-3,5-8H2,1H3,(H,21,24)/t10-,11+,13+/m1/s1. The van der Waals surface area contributed by atoms with Gasteiger partial charge in [0.2, 0.25) is 0 Å². The van der Waals surface area contributed by atoms with Gasteiger partial charge in [-0.25, -0.2) is 0 Å². The Morgan fingerprint density at radius 2 is 2.07 bits per heavy atom. The van der Waals surface area contributed by atoms with Gasteiger partial charge in [0.1, 0.15) is 18.0 Å². The lowest BCUT2D eigenvalue weighted by Crippen LogP contribution is -2.24. The fraction of sp³-hybridized carbons (Fsp3) is 0.647. The van der Waals surface area contributed by atoms with Gasteiger partial charge in [-0.15, -0.1) is 15.3 Å². The van der Waals surface area contributed by atoms with Crippen molar-refractivity contribution in [2.45, 2.75) is 51.1 Å². The minimum absolute atomic E-state index is 0.00679. The highest BCUT2D eigenvalue weighted by atomic mass is 19.4. The number of ether oxygens (including phenoxy) is 1. The summed E-state index contributed by atoms with van der Waals surface area (Å²) in [6, 6.07) is 0.966. The monoisotopic (exact) mass is 398 g/mol. The molecule has 0 unspecified atom stereocenters. The van der Waals surface area contributed by atoms with Crippen molar-refractivity contribution in [3.8, 4) is 0 Å². The summed E-state index contributed by atoms with van der Waals surface area (Å²) in [6.45, 7) is 3.30. The normalized spacial score (nSPS) is 25.0. The molecule has 0 amide bonds. The van der Waals surface area contributed by atoms with E-state index in [4.69, 9.17) is 4.74 Å². The molecule has 0 aromatic carbocycles. The van der Waals surface area contributed by atoms with Gasteiger partial charge in [0.15, 0.2) is 11.6 Å². The quantitative estimate of drug-likeness (QED) is 0.812. The number of nitrogens with one attached hydrogen (secondary N) is 1. The molecule has 11 heteroatoms. The van der Waals surface area contributed by atoms with Crippen molar-refractivity contribution in [2.24, 2.45) is 5.92 Å². The summed E-state index contributed by atoms with van der Waals surface area (Å²) in [5.74, 6) is 1.05. The molecule has 0 saturated heterocycles. The summed E-state index contributed by atoms with van der Waals surface area (Å²) < 4.78 is 47.1. The number of hydrogen-bond acceptors (Lipinski definition) is 7. The first-order chi connectivity index (χ1) is 13.3. The molecule has 1 aliphatic carbocycles. The van der Waals surface area contributed by atoms with E-state index in [1.165, 1.54) is 6.92 Å². The highest BCUT2D eigenvalue weighted by Gasteiger charge is 2.38. The summed E-state index contributed by atoms with van der Waals surface area (Å²) in [7, 11) is 0. The minimum atomic E-state index is -4.53. The largest absolute Gasteiger partial charge is 0.420 e. The van der Waals surface area contributed by atoms with Gasteiger partial charge in [0.05, 0.1) is 18.4 Å². The number of halogens is 3. The molecule has 3 heterocycles. The Bertz CT molecular complexity index is 856. The van der Waals surface area contributed by atoms with Gasteiger partial charge in [-0.2, -0.15) is 18.3 Å². The Labute approximate surface area is 159 Å². The van der Waals surface area contributed by atoms with E-state index in [9.17, 15) is 18.3 Å². The molecular weight excluding hydrogens is 377 g/mol. The first-order valence-corrected chi connectivity index (χ1v) is 9.16. The van der Waals surface area contributed by atoms with Crippen LogP contribution in [-0.2, 0) is 24.1 Å². The number of aliphatic hydroxyl groups excluding tert-OH is 1. The summed E-state index contributed by atoms with van der Waals surface area (Å²) in [6.07, 6.45) is -4.06. The lowest BCUT2D eigenvalue weighted by atomic mass is 10.0. The third-order valence-electron chi connectivity index (χ3n) is 5.32. The van der Waals surface area contributed by atoms with E-state index < -0.39 is 17.8 Å². The van der Waals surface area contributed by atoms with Crippen molar-refractivity contribution in [3.05, 3.63) is 29.0 Å². The van der Waals surface area contributed by atoms with E-state index in [2.05, 4.69) is 25.7 Å². The van der Waals surface area contributed by atoms with Crippen LogP contribution >= 0.6 is 0 Å². The molecule has 0 bridgehead atoms. The second-order valence-corrected chi connectivity index (χ2v) is 7.30. The molecule has 4 rings (SSSR count). The molecule has 2 aliphatic rings. The summed E-state index contributed by atoms with van der Waals surface area (Å²) in [5, 5.41) is 28.9. The SMILES string of the molecule is Cc1cc(C(F)(F)F)c(NC[C@@H]2C[C@@H](c3nnc4n3CCOC4)C[C@@H]2O)nn1. The van der Waals surface area contributed by atoms with Crippen LogP contribution in [0.15, 0.2) is 6.07 Å². The first kappa shape index (κ1) is 19.1. The number of alkyl halides is 3. The van der Waals surface area contributed by atoms with Crippen molar-refractivity contribution >= 4 is 5.82 Å². The maximum atomic E-state index is 13.2. The number of aryl methyl sites for hydroxylation is 1. The van der Waals surface area contributed by atoms with Crippen LogP contribution in [0.1, 0.15) is 41.7 Å². The number of fused-ring (bicyclic) bond motifs is 1. The molecule has 0 spiro atoms. The fourth-order valence-corrected chi connectivity index (χ4v) is 3.92.